The van der Waals surface area contributed by atoms with Crippen molar-refractivity contribution < 1.29 is 9.84 Å². The summed E-state index contributed by atoms with van der Waals surface area (Å²) < 4.78 is 5.69. The minimum Gasteiger partial charge on any atom is -0.503 e. The summed E-state index contributed by atoms with van der Waals surface area (Å²) in [6.45, 7) is 2.68. The Balaban J connectivity index is 2.73. The van der Waals surface area contributed by atoms with Crippen LogP contribution >= 0.6 is 15.9 Å². The summed E-state index contributed by atoms with van der Waals surface area (Å²) in [6.07, 6.45) is 1.40. The van der Waals surface area contributed by atoms with E-state index in [0.717, 1.165) is 12.0 Å². The molecule has 98 valence electrons. The van der Waals surface area contributed by atoms with Crippen molar-refractivity contribution in [2.75, 3.05) is 7.11 Å². The van der Waals surface area contributed by atoms with Gasteiger partial charge in [-0.15, -0.1) is 0 Å². The lowest BCUT2D eigenvalue weighted by Gasteiger charge is -2.14. The van der Waals surface area contributed by atoms with Gasteiger partial charge in [0.2, 0.25) is 0 Å². The fraction of sp³-hybridized carbons (Fsp3) is 0.462. The summed E-state index contributed by atoms with van der Waals surface area (Å²) in [5.74, 6) is 0.542. The van der Waals surface area contributed by atoms with Crippen molar-refractivity contribution >= 4 is 15.9 Å². The average Bonchev–Trinajstić information content (AvgIpc) is 2.38. The molecule has 5 heteroatoms. The van der Waals surface area contributed by atoms with Crippen molar-refractivity contribution in [1.82, 2.24) is 5.32 Å². The van der Waals surface area contributed by atoms with E-state index < -0.39 is 0 Å². The highest BCUT2D eigenvalue weighted by Gasteiger charge is 2.10. The molecule has 2 N–H and O–H groups in total. The van der Waals surface area contributed by atoms with E-state index in [0.29, 0.717) is 23.2 Å². The monoisotopic (exact) mass is 312 g/mol. The second-order valence-corrected chi connectivity index (χ2v) is 4.83. The first-order valence-electron chi connectivity index (χ1n) is 5.78. The summed E-state index contributed by atoms with van der Waals surface area (Å²) in [7, 11) is 1.52. The molecule has 0 aliphatic rings. The van der Waals surface area contributed by atoms with E-state index in [1.807, 2.05) is 13.0 Å². The van der Waals surface area contributed by atoms with Crippen molar-refractivity contribution in [2.24, 2.45) is 0 Å². The molecule has 1 atom stereocenters. The molecule has 1 aromatic rings. The minimum absolute atomic E-state index is 0.102. The number of hydrogen-bond acceptors (Lipinski definition) is 4. The second-order valence-electron chi connectivity index (χ2n) is 3.98. The van der Waals surface area contributed by atoms with Gasteiger partial charge in [0.25, 0.3) is 0 Å². The highest BCUT2D eigenvalue weighted by molar-refractivity contribution is 9.10. The first-order chi connectivity index (χ1) is 8.62. The number of aromatic hydroxyl groups is 1. The summed E-state index contributed by atoms with van der Waals surface area (Å²) in [5.41, 5.74) is 0.993. The number of benzene rings is 1. The lowest BCUT2D eigenvalue weighted by molar-refractivity contribution is 0.371. The maximum atomic E-state index is 9.69. The van der Waals surface area contributed by atoms with Gasteiger partial charge in [0.1, 0.15) is 0 Å². The van der Waals surface area contributed by atoms with Crippen molar-refractivity contribution in [3.05, 3.63) is 22.2 Å². The van der Waals surface area contributed by atoms with E-state index in [1.54, 1.807) is 6.07 Å². The molecule has 0 saturated carbocycles. The zero-order valence-corrected chi connectivity index (χ0v) is 12.1. The number of phenolic OH excluding ortho intramolecular Hbond substituents is 1. The molecule has 0 amide bonds. The minimum atomic E-state index is 0.102. The van der Waals surface area contributed by atoms with E-state index in [2.05, 4.69) is 27.3 Å². The lowest BCUT2D eigenvalue weighted by atomic mass is 10.1. The number of nitrogens with zero attached hydrogens (tertiary/aromatic N) is 1. The predicted octanol–water partition coefficient (Wildman–Crippen LogP) is 2.95. The van der Waals surface area contributed by atoms with Gasteiger partial charge in [-0.3, -0.25) is 0 Å². The van der Waals surface area contributed by atoms with Crippen LogP contribution in [-0.4, -0.2) is 18.3 Å². The quantitative estimate of drug-likeness (QED) is 0.847. The van der Waals surface area contributed by atoms with Gasteiger partial charge in [-0.25, -0.2) is 0 Å². The SMILES string of the molecule is CCC(CC#N)NCc1cc(Br)c(O)c(OC)c1. The number of methoxy groups -OCH3 is 1. The van der Waals surface area contributed by atoms with E-state index in [4.69, 9.17) is 10.00 Å². The van der Waals surface area contributed by atoms with Gasteiger partial charge >= 0.3 is 0 Å². The summed E-state index contributed by atoms with van der Waals surface area (Å²) in [5, 5.41) is 21.7. The van der Waals surface area contributed by atoms with Crippen LogP contribution in [0.15, 0.2) is 16.6 Å². The summed E-state index contributed by atoms with van der Waals surface area (Å²) >= 11 is 3.28. The molecule has 0 fully saturated rings. The Morgan fingerprint density at radius 1 is 1.56 bits per heavy atom. The number of nitrogens with one attached hydrogen (secondary N) is 1. The number of rotatable bonds is 6. The maximum Gasteiger partial charge on any atom is 0.172 e. The van der Waals surface area contributed by atoms with Gasteiger partial charge in [-0.2, -0.15) is 5.26 Å². The number of nitriles is 1. The van der Waals surface area contributed by atoms with E-state index in [9.17, 15) is 5.11 Å². The highest BCUT2D eigenvalue weighted by atomic mass is 79.9. The third-order valence-corrected chi connectivity index (χ3v) is 3.34. The molecule has 0 radical (unpaired) electrons. The molecule has 4 nitrogen and oxygen atoms in total. The lowest BCUT2D eigenvalue weighted by Crippen LogP contribution is -2.27. The molecular formula is C13H17BrN2O2. The Bertz CT molecular complexity index is 443. The van der Waals surface area contributed by atoms with Gasteiger partial charge in [0.05, 0.1) is 24.1 Å². The molecule has 18 heavy (non-hydrogen) atoms. The molecule has 0 heterocycles. The third kappa shape index (κ3) is 3.90. The number of phenols is 1. The number of halogens is 1. The topological polar surface area (TPSA) is 65.3 Å². The van der Waals surface area contributed by atoms with Crippen LogP contribution in [0.5, 0.6) is 11.5 Å². The molecule has 0 bridgehead atoms. The van der Waals surface area contributed by atoms with Crippen molar-refractivity contribution in [3.63, 3.8) is 0 Å². The Labute approximate surface area is 116 Å². The van der Waals surface area contributed by atoms with Gasteiger partial charge in [0.15, 0.2) is 11.5 Å². The Kier molecular flexibility index (Phi) is 5.96. The molecule has 1 aromatic carbocycles. The molecule has 0 saturated heterocycles. The Morgan fingerprint density at radius 2 is 2.28 bits per heavy atom. The molecule has 1 rings (SSSR count). The summed E-state index contributed by atoms with van der Waals surface area (Å²) in [4.78, 5) is 0. The molecule has 0 aromatic heterocycles. The van der Waals surface area contributed by atoms with Crippen molar-refractivity contribution in [1.29, 1.82) is 5.26 Å². The number of ether oxygens (including phenoxy) is 1. The van der Waals surface area contributed by atoms with Gasteiger partial charge in [-0.1, -0.05) is 6.92 Å². The van der Waals surface area contributed by atoms with Gasteiger partial charge in [0, 0.05) is 12.6 Å². The Hall–Kier alpha value is -1.25. The standard InChI is InChI=1S/C13H17BrN2O2/c1-3-10(4-5-15)16-8-9-6-11(14)13(17)12(7-9)18-2/h6-7,10,16-17H,3-4,8H2,1-2H3. The van der Waals surface area contributed by atoms with E-state index in [1.165, 1.54) is 7.11 Å². The zero-order chi connectivity index (χ0) is 13.5. The van der Waals surface area contributed by atoms with Gasteiger partial charge in [-0.05, 0) is 40.0 Å². The molecular weight excluding hydrogens is 296 g/mol. The fourth-order valence-corrected chi connectivity index (χ4v) is 2.11. The first kappa shape index (κ1) is 14.8. The van der Waals surface area contributed by atoms with Crippen molar-refractivity contribution in [2.45, 2.75) is 32.4 Å². The van der Waals surface area contributed by atoms with Crippen LogP contribution in [-0.2, 0) is 6.54 Å². The van der Waals surface area contributed by atoms with E-state index >= 15 is 0 Å². The highest BCUT2D eigenvalue weighted by Crippen LogP contribution is 2.35. The smallest absolute Gasteiger partial charge is 0.172 e. The van der Waals surface area contributed by atoms with Crippen LogP contribution in [0.3, 0.4) is 0 Å². The number of hydrogen-bond donors (Lipinski definition) is 2. The predicted molar refractivity (Wildman–Crippen MR) is 73.5 cm³/mol. The normalized spacial score (nSPS) is 11.9. The van der Waals surface area contributed by atoms with Crippen LogP contribution in [0.2, 0.25) is 0 Å². The second kappa shape index (κ2) is 7.24. The molecule has 0 aliphatic heterocycles. The van der Waals surface area contributed by atoms with Crippen molar-refractivity contribution in [3.8, 4) is 17.6 Å². The van der Waals surface area contributed by atoms with Crippen LogP contribution in [0.4, 0.5) is 0 Å². The van der Waals surface area contributed by atoms with Crippen LogP contribution in [0.25, 0.3) is 0 Å². The van der Waals surface area contributed by atoms with Gasteiger partial charge < -0.3 is 15.2 Å². The molecule has 1 unspecified atom stereocenters. The molecule has 0 aliphatic carbocycles. The largest absolute Gasteiger partial charge is 0.503 e. The summed E-state index contributed by atoms with van der Waals surface area (Å²) in [6, 6.07) is 5.97. The van der Waals surface area contributed by atoms with Crippen LogP contribution in [0.1, 0.15) is 25.3 Å². The fourth-order valence-electron chi connectivity index (χ4n) is 1.62. The average molecular weight is 313 g/mol. The Morgan fingerprint density at radius 3 is 2.83 bits per heavy atom. The van der Waals surface area contributed by atoms with Crippen LogP contribution < -0.4 is 10.1 Å². The first-order valence-corrected chi connectivity index (χ1v) is 6.57. The van der Waals surface area contributed by atoms with Crippen LogP contribution in [0, 0.1) is 11.3 Å². The van der Waals surface area contributed by atoms with E-state index in [-0.39, 0.29) is 11.8 Å². The third-order valence-electron chi connectivity index (χ3n) is 2.73. The zero-order valence-electron chi connectivity index (χ0n) is 10.5. The maximum absolute atomic E-state index is 9.69. The molecule has 0 spiro atoms.